The van der Waals surface area contributed by atoms with Crippen LogP contribution < -0.4 is 4.98 Å². The minimum absolute atomic E-state index is 0.458. The smallest absolute Gasteiger partial charge is 0.124 e. The van der Waals surface area contributed by atoms with Crippen LogP contribution in [0.25, 0.3) is 0 Å². The molecule has 0 aromatic carbocycles. The summed E-state index contributed by atoms with van der Waals surface area (Å²) >= 11 is 3.44. The number of hydrogen-bond acceptors (Lipinski definition) is 1. The van der Waals surface area contributed by atoms with Crippen LogP contribution >= 0.6 is 15.9 Å². The number of halogens is 1. The van der Waals surface area contributed by atoms with Gasteiger partial charge in [-0.2, -0.15) is 0 Å². The summed E-state index contributed by atoms with van der Waals surface area (Å²) < 4.78 is 0. The van der Waals surface area contributed by atoms with Crippen molar-refractivity contribution in [2.75, 3.05) is 11.9 Å². The second kappa shape index (κ2) is 4.77. The normalized spacial score (nSPS) is 13.5. The molecular weight excluding hydrogens is 230 g/mol. The Balaban J connectivity index is 3.88. The largest absolute Gasteiger partial charge is 0.337 e. The number of hydrogen-bond donors (Lipinski definition) is 1. The van der Waals surface area contributed by atoms with E-state index < -0.39 is 8.24 Å². The first-order valence-electron chi connectivity index (χ1n) is 4.62. The summed E-state index contributed by atoms with van der Waals surface area (Å²) in [6.45, 7) is 13.0. The van der Waals surface area contributed by atoms with E-state index in [9.17, 15) is 0 Å². The van der Waals surface area contributed by atoms with Gasteiger partial charge in [-0.3, -0.25) is 0 Å². The summed E-state index contributed by atoms with van der Waals surface area (Å²) in [5, 5.41) is 1.56. The number of rotatable bonds is 4. The zero-order chi connectivity index (χ0) is 9.83. The van der Waals surface area contributed by atoms with Gasteiger partial charge in [-0.15, -0.1) is 0 Å². The molecule has 0 saturated heterocycles. The van der Waals surface area contributed by atoms with Crippen molar-refractivity contribution >= 4 is 24.2 Å². The van der Waals surface area contributed by atoms with E-state index in [1.54, 1.807) is 0 Å². The standard InChI is InChI=1S/C9H22BrNSi/c1-9(2,3)12(4,5)11-8-6-7-10/h11H,6-8H2,1-5H3. The molecule has 1 nitrogen and oxygen atoms in total. The Bertz CT molecular complexity index is 129. The molecule has 0 bridgehead atoms. The lowest BCUT2D eigenvalue weighted by molar-refractivity contribution is 0.680. The highest BCUT2D eigenvalue weighted by molar-refractivity contribution is 9.09. The number of alkyl halides is 1. The molecule has 0 aliphatic heterocycles. The maximum absolute atomic E-state index is 3.71. The second-order valence-corrected chi connectivity index (χ2v) is 10.7. The molecule has 0 aliphatic carbocycles. The molecule has 0 amide bonds. The molecule has 0 atom stereocenters. The first-order valence-corrected chi connectivity index (χ1v) is 8.74. The van der Waals surface area contributed by atoms with Crippen molar-refractivity contribution in [3.63, 3.8) is 0 Å². The molecule has 3 heteroatoms. The Hall–Kier alpha value is 0.657. The van der Waals surface area contributed by atoms with Gasteiger partial charge in [0.2, 0.25) is 0 Å². The summed E-state index contributed by atoms with van der Waals surface area (Å²) in [6.07, 6.45) is 1.23. The van der Waals surface area contributed by atoms with E-state index in [0.717, 1.165) is 11.9 Å². The van der Waals surface area contributed by atoms with Crippen molar-refractivity contribution in [2.24, 2.45) is 0 Å². The van der Waals surface area contributed by atoms with Crippen LogP contribution in [0.4, 0.5) is 0 Å². The molecule has 1 N–H and O–H groups in total. The van der Waals surface area contributed by atoms with Gasteiger partial charge in [-0.1, -0.05) is 49.8 Å². The monoisotopic (exact) mass is 251 g/mol. The maximum atomic E-state index is 3.71. The molecule has 12 heavy (non-hydrogen) atoms. The molecule has 0 saturated carbocycles. The average Bonchev–Trinajstić information content (AvgIpc) is 1.85. The second-order valence-electron chi connectivity index (χ2n) is 4.84. The number of nitrogens with one attached hydrogen (secondary N) is 1. The van der Waals surface area contributed by atoms with Gasteiger partial charge >= 0.3 is 0 Å². The molecule has 74 valence electrons. The third-order valence-corrected chi connectivity index (χ3v) is 8.20. The van der Waals surface area contributed by atoms with Crippen LogP contribution in [0.3, 0.4) is 0 Å². The Labute approximate surface area is 86.5 Å². The van der Waals surface area contributed by atoms with E-state index in [1.165, 1.54) is 6.42 Å². The predicted octanol–water partition coefficient (Wildman–Crippen LogP) is 3.37. The van der Waals surface area contributed by atoms with Crippen LogP contribution in [-0.4, -0.2) is 20.1 Å². The zero-order valence-electron chi connectivity index (χ0n) is 9.00. The lowest BCUT2D eigenvalue weighted by Crippen LogP contribution is -2.52. The van der Waals surface area contributed by atoms with Crippen LogP contribution in [0.5, 0.6) is 0 Å². The van der Waals surface area contributed by atoms with Gasteiger partial charge in [-0.25, -0.2) is 0 Å². The van der Waals surface area contributed by atoms with E-state index in [0.29, 0.717) is 5.04 Å². The highest BCUT2D eigenvalue weighted by Crippen LogP contribution is 2.33. The van der Waals surface area contributed by atoms with Gasteiger partial charge in [-0.05, 0) is 18.0 Å². The van der Waals surface area contributed by atoms with E-state index in [1.807, 2.05) is 0 Å². The third kappa shape index (κ3) is 4.05. The summed E-state index contributed by atoms with van der Waals surface area (Å²) in [7, 11) is -1.21. The molecule has 0 aliphatic rings. The van der Waals surface area contributed by atoms with E-state index in [4.69, 9.17) is 0 Å². The maximum Gasteiger partial charge on any atom is 0.124 e. The molecular formula is C9H22BrNSi. The minimum Gasteiger partial charge on any atom is -0.337 e. The fraction of sp³-hybridized carbons (Fsp3) is 1.00. The van der Waals surface area contributed by atoms with Crippen molar-refractivity contribution in [3.05, 3.63) is 0 Å². The molecule has 0 fully saturated rings. The van der Waals surface area contributed by atoms with Crippen LogP contribution in [0.15, 0.2) is 0 Å². The zero-order valence-corrected chi connectivity index (χ0v) is 11.6. The molecule has 0 radical (unpaired) electrons. The van der Waals surface area contributed by atoms with Crippen molar-refractivity contribution in [1.29, 1.82) is 0 Å². The Morgan fingerprint density at radius 3 is 2.08 bits per heavy atom. The van der Waals surface area contributed by atoms with Crippen molar-refractivity contribution in [1.82, 2.24) is 4.98 Å². The molecule has 0 heterocycles. The van der Waals surface area contributed by atoms with Crippen LogP contribution in [0.1, 0.15) is 27.2 Å². The summed E-state index contributed by atoms with van der Waals surface area (Å²) in [5.41, 5.74) is 0. The highest BCUT2D eigenvalue weighted by Gasteiger charge is 2.34. The Kier molecular flexibility index (Phi) is 5.03. The molecule has 0 aromatic heterocycles. The third-order valence-electron chi connectivity index (χ3n) is 2.75. The fourth-order valence-electron chi connectivity index (χ4n) is 0.733. The Morgan fingerprint density at radius 2 is 1.75 bits per heavy atom. The van der Waals surface area contributed by atoms with Crippen molar-refractivity contribution < 1.29 is 0 Å². The fourth-order valence-corrected chi connectivity index (χ4v) is 2.35. The highest BCUT2D eigenvalue weighted by atomic mass is 79.9. The van der Waals surface area contributed by atoms with Gasteiger partial charge in [0.25, 0.3) is 0 Å². The van der Waals surface area contributed by atoms with E-state index in [-0.39, 0.29) is 0 Å². The Morgan fingerprint density at radius 1 is 1.25 bits per heavy atom. The van der Waals surface area contributed by atoms with Gasteiger partial charge in [0.15, 0.2) is 0 Å². The first kappa shape index (κ1) is 12.7. The molecule has 0 unspecified atom stereocenters. The summed E-state index contributed by atoms with van der Waals surface area (Å²) in [6, 6.07) is 0. The van der Waals surface area contributed by atoms with E-state index in [2.05, 4.69) is 54.8 Å². The van der Waals surface area contributed by atoms with Gasteiger partial charge < -0.3 is 4.98 Å². The van der Waals surface area contributed by atoms with Crippen molar-refractivity contribution in [2.45, 2.75) is 45.3 Å². The minimum atomic E-state index is -1.21. The van der Waals surface area contributed by atoms with Crippen molar-refractivity contribution in [3.8, 4) is 0 Å². The SMILES string of the molecule is CC(C)(C)[Si](C)(C)NCCCBr. The van der Waals surface area contributed by atoms with Gasteiger partial charge in [0, 0.05) is 5.33 Å². The van der Waals surface area contributed by atoms with E-state index >= 15 is 0 Å². The van der Waals surface area contributed by atoms with Gasteiger partial charge in [0.1, 0.15) is 8.24 Å². The molecule has 0 aromatic rings. The lowest BCUT2D eigenvalue weighted by Gasteiger charge is -2.37. The van der Waals surface area contributed by atoms with Crippen LogP contribution in [0, 0.1) is 0 Å². The quantitative estimate of drug-likeness (QED) is 0.459. The summed E-state index contributed by atoms with van der Waals surface area (Å²) in [5.74, 6) is 0. The average molecular weight is 252 g/mol. The van der Waals surface area contributed by atoms with Crippen LogP contribution in [0.2, 0.25) is 18.1 Å². The van der Waals surface area contributed by atoms with Crippen LogP contribution in [-0.2, 0) is 0 Å². The lowest BCUT2D eigenvalue weighted by atomic mass is 10.2. The first-order chi connectivity index (χ1) is 5.31. The van der Waals surface area contributed by atoms with Gasteiger partial charge in [0.05, 0.1) is 0 Å². The molecule has 0 spiro atoms. The summed E-state index contributed by atoms with van der Waals surface area (Å²) in [4.78, 5) is 3.71. The topological polar surface area (TPSA) is 12.0 Å². The predicted molar refractivity (Wildman–Crippen MR) is 63.6 cm³/mol. The molecule has 0 rings (SSSR count).